The fraction of sp³-hybridized carbons (Fsp3) is 0.0588. The molecule has 0 atom stereocenters. The summed E-state index contributed by atoms with van der Waals surface area (Å²) in [6.07, 6.45) is 4.49. The fourth-order valence-corrected chi connectivity index (χ4v) is 3.24. The van der Waals surface area contributed by atoms with Crippen LogP contribution in [0, 0.1) is 0 Å². The molecule has 2 heterocycles. The summed E-state index contributed by atoms with van der Waals surface area (Å²) in [6, 6.07) is 9.96. The Bertz CT molecular complexity index is 1060. The molecule has 3 rings (SSSR count). The minimum Gasteiger partial charge on any atom is -0.346 e. The highest BCUT2D eigenvalue weighted by Crippen LogP contribution is 2.17. The maximum atomic E-state index is 12.3. The molecule has 0 radical (unpaired) electrons. The van der Waals surface area contributed by atoms with Crippen LogP contribution in [0.2, 0.25) is 0 Å². The molecular weight excluding hydrogens is 354 g/mol. The van der Waals surface area contributed by atoms with Gasteiger partial charge in [0.1, 0.15) is 5.65 Å². The second-order valence-electron chi connectivity index (χ2n) is 5.41. The number of amides is 1. The highest BCUT2D eigenvalue weighted by molar-refractivity contribution is 7.90. The Morgan fingerprint density at radius 3 is 2.85 bits per heavy atom. The third kappa shape index (κ3) is 4.26. The number of anilines is 2. The van der Waals surface area contributed by atoms with Gasteiger partial charge in [0.25, 0.3) is 10.2 Å². The smallest absolute Gasteiger partial charge is 0.299 e. The van der Waals surface area contributed by atoms with Crippen molar-refractivity contribution in [2.45, 2.75) is 6.54 Å². The van der Waals surface area contributed by atoms with E-state index in [2.05, 4.69) is 31.3 Å². The molecule has 9 heteroatoms. The topological polar surface area (TPSA) is 116 Å². The van der Waals surface area contributed by atoms with E-state index in [1.54, 1.807) is 36.7 Å². The summed E-state index contributed by atoms with van der Waals surface area (Å²) in [5.41, 5.74) is 2.27. The maximum absolute atomic E-state index is 12.3. The van der Waals surface area contributed by atoms with Gasteiger partial charge in [-0.05, 0) is 42.0 Å². The van der Waals surface area contributed by atoms with E-state index in [0.29, 0.717) is 17.0 Å². The van der Waals surface area contributed by atoms with E-state index in [0.717, 1.165) is 17.0 Å². The number of hydrogen-bond acceptors (Lipinski definition) is 4. The van der Waals surface area contributed by atoms with Gasteiger partial charge in [-0.25, -0.2) is 4.98 Å². The fourth-order valence-electron chi connectivity index (χ4n) is 2.39. The number of nitrogens with zero attached hydrogens (tertiary/aromatic N) is 1. The minimum absolute atomic E-state index is 0.110. The minimum atomic E-state index is -3.80. The van der Waals surface area contributed by atoms with Crippen LogP contribution >= 0.6 is 0 Å². The van der Waals surface area contributed by atoms with E-state index in [4.69, 9.17) is 0 Å². The lowest BCUT2D eigenvalue weighted by atomic mass is 10.2. The van der Waals surface area contributed by atoms with Crippen molar-refractivity contribution in [3.8, 4) is 0 Å². The van der Waals surface area contributed by atoms with E-state index in [1.807, 2.05) is 6.07 Å². The molecule has 0 fully saturated rings. The van der Waals surface area contributed by atoms with Gasteiger partial charge < -0.3 is 10.3 Å². The quantitative estimate of drug-likeness (QED) is 0.476. The Labute approximate surface area is 150 Å². The summed E-state index contributed by atoms with van der Waals surface area (Å²) in [7, 11) is -3.80. The Hall–Kier alpha value is -3.17. The third-order valence-electron chi connectivity index (χ3n) is 3.57. The number of hydrogen-bond donors (Lipinski definition) is 4. The number of rotatable bonds is 7. The molecule has 0 saturated carbocycles. The number of nitrogens with one attached hydrogen (secondary N) is 4. The molecule has 0 aliphatic rings. The van der Waals surface area contributed by atoms with E-state index < -0.39 is 10.2 Å². The Kier molecular flexibility index (Phi) is 5.01. The summed E-state index contributed by atoms with van der Waals surface area (Å²) in [6.45, 7) is 3.48. The molecule has 0 aliphatic carbocycles. The van der Waals surface area contributed by atoms with Crippen LogP contribution in [0.5, 0.6) is 0 Å². The van der Waals surface area contributed by atoms with E-state index in [1.165, 1.54) is 6.07 Å². The Morgan fingerprint density at radius 2 is 2.04 bits per heavy atom. The normalized spacial score (nSPS) is 11.2. The van der Waals surface area contributed by atoms with Gasteiger partial charge in [-0.3, -0.25) is 9.52 Å². The van der Waals surface area contributed by atoms with Crippen LogP contribution < -0.4 is 14.8 Å². The van der Waals surface area contributed by atoms with Crippen LogP contribution in [0.15, 0.2) is 61.4 Å². The summed E-state index contributed by atoms with van der Waals surface area (Å²) in [5, 5.41) is 3.42. The highest BCUT2D eigenvalue weighted by atomic mass is 32.2. The lowest BCUT2D eigenvalue weighted by Crippen LogP contribution is -2.29. The van der Waals surface area contributed by atoms with Crippen molar-refractivity contribution in [2.75, 3.05) is 10.0 Å². The summed E-state index contributed by atoms with van der Waals surface area (Å²) >= 11 is 0. The summed E-state index contributed by atoms with van der Waals surface area (Å²) in [5.74, 6) is -0.378. The number of fused-ring (bicyclic) bond motifs is 1. The lowest BCUT2D eigenvalue weighted by molar-refractivity contribution is -0.111. The molecule has 26 heavy (non-hydrogen) atoms. The first-order valence-corrected chi connectivity index (χ1v) is 9.17. The first-order valence-electron chi connectivity index (χ1n) is 7.69. The maximum Gasteiger partial charge on any atom is 0.299 e. The van der Waals surface area contributed by atoms with Crippen LogP contribution in [0.3, 0.4) is 0 Å². The number of aromatic nitrogens is 2. The first-order chi connectivity index (χ1) is 12.5. The molecule has 0 aliphatic heterocycles. The van der Waals surface area contributed by atoms with Crippen LogP contribution in [-0.4, -0.2) is 24.3 Å². The molecule has 2 aromatic heterocycles. The monoisotopic (exact) mass is 371 g/mol. The SMILES string of the molecule is C=CC(=O)Nc1cccc(NS(=O)(=O)NCc2ccnc3[nH]ccc23)c1. The molecule has 3 aromatic rings. The standard InChI is InChI=1S/C17H17N5O3S/c1-2-16(23)21-13-4-3-5-14(10-13)22-26(24,25)20-11-12-6-8-18-17-15(12)7-9-19-17/h2-10,20,22H,1,11H2,(H,18,19)(H,21,23). The predicted molar refractivity (Wildman–Crippen MR) is 101 cm³/mol. The van der Waals surface area contributed by atoms with Crippen molar-refractivity contribution in [2.24, 2.45) is 0 Å². The van der Waals surface area contributed by atoms with E-state index in [-0.39, 0.29) is 12.5 Å². The van der Waals surface area contributed by atoms with Crippen molar-refractivity contribution < 1.29 is 13.2 Å². The molecule has 4 N–H and O–H groups in total. The van der Waals surface area contributed by atoms with Crippen LogP contribution in [0.25, 0.3) is 11.0 Å². The predicted octanol–water partition coefficient (Wildman–Crippen LogP) is 2.13. The van der Waals surface area contributed by atoms with Crippen LogP contribution in [0.4, 0.5) is 11.4 Å². The first kappa shape index (κ1) is 17.6. The molecule has 0 bridgehead atoms. The van der Waals surface area contributed by atoms with Gasteiger partial charge in [0.05, 0.1) is 5.69 Å². The highest BCUT2D eigenvalue weighted by Gasteiger charge is 2.12. The lowest BCUT2D eigenvalue weighted by Gasteiger charge is -2.11. The van der Waals surface area contributed by atoms with E-state index >= 15 is 0 Å². The number of H-pyrrole nitrogens is 1. The largest absolute Gasteiger partial charge is 0.346 e. The number of pyridine rings is 1. The second kappa shape index (κ2) is 7.38. The van der Waals surface area contributed by atoms with Gasteiger partial charge in [0.2, 0.25) is 5.91 Å². The van der Waals surface area contributed by atoms with Gasteiger partial charge in [0.15, 0.2) is 0 Å². The second-order valence-corrected chi connectivity index (χ2v) is 6.91. The summed E-state index contributed by atoms with van der Waals surface area (Å²) in [4.78, 5) is 18.5. The van der Waals surface area contributed by atoms with Crippen molar-refractivity contribution in [1.29, 1.82) is 0 Å². The zero-order chi connectivity index (χ0) is 18.6. The van der Waals surface area contributed by atoms with E-state index in [9.17, 15) is 13.2 Å². The molecule has 1 aromatic carbocycles. The molecule has 8 nitrogen and oxygen atoms in total. The van der Waals surface area contributed by atoms with Crippen molar-refractivity contribution in [3.05, 3.63) is 67.0 Å². The zero-order valence-electron chi connectivity index (χ0n) is 13.7. The average Bonchev–Trinajstić information content (AvgIpc) is 3.09. The van der Waals surface area contributed by atoms with Gasteiger partial charge in [-0.1, -0.05) is 12.6 Å². The molecule has 0 saturated heterocycles. The third-order valence-corrected chi connectivity index (χ3v) is 4.60. The van der Waals surface area contributed by atoms with Crippen molar-refractivity contribution in [1.82, 2.24) is 14.7 Å². The molecule has 134 valence electrons. The summed E-state index contributed by atoms with van der Waals surface area (Å²) < 4.78 is 29.5. The number of benzene rings is 1. The molecule has 0 unspecified atom stereocenters. The van der Waals surface area contributed by atoms with Gasteiger partial charge in [-0.15, -0.1) is 0 Å². The molecule has 0 spiro atoms. The van der Waals surface area contributed by atoms with Crippen molar-refractivity contribution in [3.63, 3.8) is 0 Å². The Morgan fingerprint density at radius 1 is 1.23 bits per heavy atom. The van der Waals surface area contributed by atoms with Crippen LogP contribution in [0.1, 0.15) is 5.56 Å². The average molecular weight is 371 g/mol. The molecule has 1 amide bonds. The number of carbonyl (C=O) groups excluding carboxylic acids is 1. The van der Waals surface area contributed by atoms with Crippen LogP contribution in [-0.2, 0) is 21.5 Å². The zero-order valence-corrected chi connectivity index (χ0v) is 14.5. The van der Waals surface area contributed by atoms with Gasteiger partial charge in [0, 0.05) is 30.0 Å². The number of aromatic amines is 1. The van der Waals surface area contributed by atoms with Crippen molar-refractivity contribution >= 4 is 38.5 Å². The van der Waals surface area contributed by atoms with Gasteiger partial charge in [-0.2, -0.15) is 13.1 Å². The van der Waals surface area contributed by atoms with Gasteiger partial charge >= 0.3 is 0 Å². The Balaban J connectivity index is 1.69. The molecular formula is C17H17N5O3S. The number of carbonyl (C=O) groups is 1.